The molecule has 0 fully saturated rings. The Hall–Kier alpha value is -1.28. The van der Waals surface area contributed by atoms with E-state index in [1.165, 1.54) is 7.11 Å². The number of halogens is 1. The van der Waals surface area contributed by atoms with Gasteiger partial charge in [-0.3, -0.25) is 0 Å². The topological polar surface area (TPSA) is 26.3 Å². The lowest BCUT2D eigenvalue weighted by molar-refractivity contribution is 0.0600. The fraction of sp³-hybridized carbons (Fsp3) is 0.182. The number of methoxy groups -OCH3 is 1. The Bertz CT molecular complexity index is 345. The predicted molar refractivity (Wildman–Crippen MR) is 57.5 cm³/mol. The highest BCUT2D eigenvalue weighted by molar-refractivity contribution is 6.19. The maximum Gasteiger partial charge on any atom is 0.338 e. The van der Waals surface area contributed by atoms with Gasteiger partial charge < -0.3 is 4.74 Å². The number of esters is 1. The molecule has 0 heterocycles. The number of carbonyl (C=O) groups excluding carboxylic acids is 1. The largest absolute Gasteiger partial charge is 0.465 e. The number of ether oxygens (including phenoxy) is 1. The van der Waals surface area contributed by atoms with E-state index in [2.05, 4.69) is 4.74 Å². The third-order valence-electron chi connectivity index (χ3n) is 1.75. The van der Waals surface area contributed by atoms with Crippen molar-refractivity contribution in [2.45, 2.75) is 0 Å². The van der Waals surface area contributed by atoms with Gasteiger partial charge in [0.25, 0.3) is 0 Å². The smallest absolute Gasteiger partial charge is 0.338 e. The first kappa shape index (κ1) is 10.8. The summed E-state index contributed by atoms with van der Waals surface area (Å²) in [6, 6.07) is 7.22. The van der Waals surface area contributed by atoms with Crippen molar-refractivity contribution in [3.63, 3.8) is 0 Å². The SMILES string of the molecule is COC(=O)c1ccccc1C=CCCl. The lowest BCUT2D eigenvalue weighted by Crippen LogP contribution is -2.03. The Balaban J connectivity index is 3.03. The van der Waals surface area contributed by atoms with Gasteiger partial charge in [0.15, 0.2) is 0 Å². The van der Waals surface area contributed by atoms with Gasteiger partial charge in [0.05, 0.1) is 12.7 Å². The molecule has 1 rings (SSSR count). The van der Waals surface area contributed by atoms with E-state index in [1.807, 2.05) is 12.1 Å². The first-order valence-corrected chi connectivity index (χ1v) is 4.73. The molecule has 0 amide bonds. The third kappa shape index (κ3) is 2.60. The van der Waals surface area contributed by atoms with Crippen LogP contribution in [0, 0.1) is 0 Å². The van der Waals surface area contributed by atoms with Crippen molar-refractivity contribution in [1.29, 1.82) is 0 Å². The highest BCUT2D eigenvalue weighted by Crippen LogP contribution is 2.11. The van der Waals surface area contributed by atoms with Crippen molar-refractivity contribution in [3.8, 4) is 0 Å². The summed E-state index contributed by atoms with van der Waals surface area (Å²) in [6.45, 7) is 0. The van der Waals surface area contributed by atoms with Crippen molar-refractivity contribution < 1.29 is 9.53 Å². The molecule has 1 aromatic carbocycles. The molecule has 0 radical (unpaired) electrons. The molecule has 2 nitrogen and oxygen atoms in total. The minimum absolute atomic E-state index is 0.333. The van der Waals surface area contributed by atoms with Crippen LogP contribution in [0.5, 0.6) is 0 Å². The summed E-state index contributed by atoms with van der Waals surface area (Å²) in [5.41, 5.74) is 1.37. The van der Waals surface area contributed by atoms with Gasteiger partial charge >= 0.3 is 5.97 Å². The highest BCUT2D eigenvalue weighted by Gasteiger charge is 2.07. The summed E-state index contributed by atoms with van der Waals surface area (Å²) >= 11 is 5.51. The standard InChI is InChI=1S/C11H11ClO2/c1-14-11(13)10-7-3-2-5-9(10)6-4-8-12/h2-7H,8H2,1H3. The highest BCUT2D eigenvalue weighted by atomic mass is 35.5. The number of carbonyl (C=O) groups is 1. The lowest BCUT2D eigenvalue weighted by atomic mass is 10.1. The van der Waals surface area contributed by atoms with E-state index >= 15 is 0 Å². The molecule has 74 valence electrons. The maximum absolute atomic E-state index is 11.3. The Morgan fingerprint density at radius 1 is 1.50 bits per heavy atom. The molecular formula is C11H11ClO2. The fourth-order valence-electron chi connectivity index (χ4n) is 1.11. The van der Waals surface area contributed by atoms with E-state index < -0.39 is 0 Å². The van der Waals surface area contributed by atoms with Crippen molar-refractivity contribution in [2.24, 2.45) is 0 Å². The van der Waals surface area contributed by atoms with Crippen LogP contribution in [0.3, 0.4) is 0 Å². The lowest BCUT2D eigenvalue weighted by Gasteiger charge is -2.02. The van der Waals surface area contributed by atoms with Gasteiger partial charge in [-0.25, -0.2) is 4.79 Å². The Morgan fingerprint density at radius 2 is 2.21 bits per heavy atom. The number of alkyl halides is 1. The third-order valence-corrected chi connectivity index (χ3v) is 1.93. The normalized spacial score (nSPS) is 10.4. The molecule has 14 heavy (non-hydrogen) atoms. The Kier molecular flexibility index (Phi) is 4.20. The molecular weight excluding hydrogens is 200 g/mol. The number of allylic oxidation sites excluding steroid dienone is 1. The van der Waals surface area contributed by atoms with Crippen LogP contribution in [0.1, 0.15) is 15.9 Å². The van der Waals surface area contributed by atoms with Gasteiger partial charge in [0, 0.05) is 5.88 Å². The Morgan fingerprint density at radius 3 is 2.86 bits per heavy atom. The first-order valence-electron chi connectivity index (χ1n) is 4.19. The van der Waals surface area contributed by atoms with E-state index in [0.717, 1.165) is 5.56 Å². The summed E-state index contributed by atoms with van der Waals surface area (Å²) in [7, 11) is 1.37. The molecule has 0 atom stereocenters. The van der Waals surface area contributed by atoms with E-state index in [0.29, 0.717) is 11.4 Å². The number of hydrogen-bond acceptors (Lipinski definition) is 2. The van der Waals surface area contributed by atoms with Gasteiger partial charge in [-0.15, -0.1) is 11.6 Å². The van der Waals surface area contributed by atoms with Crippen LogP contribution in [0.15, 0.2) is 30.3 Å². The van der Waals surface area contributed by atoms with Crippen LogP contribution >= 0.6 is 11.6 Å². The molecule has 0 spiro atoms. The second kappa shape index (κ2) is 5.45. The summed E-state index contributed by atoms with van der Waals surface area (Å²) < 4.78 is 4.65. The van der Waals surface area contributed by atoms with Gasteiger partial charge in [-0.05, 0) is 11.6 Å². The van der Waals surface area contributed by atoms with Crippen molar-refractivity contribution in [1.82, 2.24) is 0 Å². The van der Waals surface area contributed by atoms with E-state index in [1.54, 1.807) is 24.3 Å². The van der Waals surface area contributed by atoms with E-state index in [9.17, 15) is 4.79 Å². The second-order valence-electron chi connectivity index (χ2n) is 2.64. The van der Waals surface area contributed by atoms with Gasteiger partial charge in [-0.1, -0.05) is 30.4 Å². The first-order chi connectivity index (χ1) is 6.79. The molecule has 0 unspecified atom stereocenters. The predicted octanol–water partition coefficient (Wildman–Crippen LogP) is 2.73. The van der Waals surface area contributed by atoms with E-state index in [-0.39, 0.29) is 5.97 Å². The minimum Gasteiger partial charge on any atom is -0.465 e. The molecule has 0 aliphatic heterocycles. The second-order valence-corrected chi connectivity index (χ2v) is 2.94. The zero-order valence-corrected chi connectivity index (χ0v) is 8.62. The molecule has 0 aliphatic rings. The molecule has 0 bridgehead atoms. The fourth-order valence-corrected chi connectivity index (χ4v) is 1.20. The van der Waals surface area contributed by atoms with Crippen molar-refractivity contribution in [2.75, 3.05) is 13.0 Å². The van der Waals surface area contributed by atoms with Crippen LogP contribution in [-0.2, 0) is 4.74 Å². The zero-order valence-electron chi connectivity index (χ0n) is 7.87. The molecule has 3 heteroatoms. The number of rotatable bonds is 3. The van der Waals surface area contributed by atoms with Gasteiger partial charge in [0.1, 0.15) is 0 Å². The number of hydrogen-bond donors (Lipinski definition) is 0. The molecule has 0 aliphatic carbocycles. The summed E-state index contributed by atoms with van der Waals surface area (Å²) in [4.78, 5) is 11.3. The molecule has 0 aromatic heterocycles. The summed E-state index contributed by atoms with van der Waals surface area (Å²) in [5.74, 6) is 0.0926. The van der Waals surface area contributed by atoms with Gasteiger partial charge in [0.2, 0.25) is 0 Å². The monoisotopic (exact) mass is 210 g/mol. The zero-order chi connectivity index (χ0) is 10.4. The quantitative estimate of drug-likeness (QED) is 0.567. The van der Waals surface area contributed by atoms with Crippen LogP contribution < -0.4 is 0 Å². The maximum atomic E-state index is 11.3. The Labute approximate surface area is 88.1 Å². The van der Waals surface area contributed by atoms with Crippen LogP contribution in [0.25, 0.3) is 6.08 Å². The molecule has 0 N–H and O–H groups in total. The average Bonchev–Trinajstić information content (AvgIpc) is 2.25. The average molecular weight is 211 g/mol. The van der Waals surface area contributed by atoms with Crippen LogP contribution in [-0.4, -0.2) is 19.0 Å². The summed E-state index contributed by atoms with van der Waals surface area (Å²) in [6.07, 6.45) is 3.59. The molecule has 0 saturated heterocycles. The van der Waals surface area contributed by atoms with Crippen molar-refractivity contribution >= 4 is 23.6 Å². The van der Waals surface area contributed by atoms with Gasteiger partial charge in [-0.2, -0.15) is 0 Å². The van der Waals surface area contributed by atoms with E-state index in [4.69, 9.17) is 11.6 Å². The van der Waals surface area contributed by atoms with Crippen LogP contribution in [0.2, 0.25) is 0 Å². The summed E-state index contributed by atoms with van der Waals surface area (Å²) in [5, 5.41) is 0. The van der Waals surface area contributed by atoms with Crippen LogP contribution in [0.4, 0.5) is 0 Å². The molecule has 1 aromatic rings. The minimum atomic E-state index is -0.333. The number of benzene rings is 1. The molecule has 0 saturated carbocycles. The van der Waals surface area contributed by atoms with Crippen molar-refractivity contribution in [3.05, 3.63) is 41.5 Å².